The molecule has 1 aliphatic rings. The van der Waals surface area contributed by atoms with E-state index in [9.17, 15) is 28.2 Å². The van der Waals surface area contributed by atoms with E-state index >= 15 is 0 Å². The van der Waals surface area contributed by atoms with E-state index in [2.05, 4.69) is 15.0 Å². The van der Waals surface area contributed by atoms with Crippen molar-refractivity contribution in [3.05, 3.63) is 22.7 Å². The van der Waals surface area contributed by atoms with Gasteiger partial charge in [0.15, 0.2) is 11.3 Å². The average molecular weight is 337 g/mol. The molecule has 1 aliphatic heterocycles. The highest BCUT2D eigenvalue weighted by molar-refractivity contribution is 5.23. The monoisotopic (exact) mass is 337 g/mol. The van der Waals surface area contributed by atoms with Crippen LogP contribution in [0.5, 0.6) is 0 Å². The van der Waals surface area contributed by atoms with E-state index in [0.717, 1.165) is 12.3 Å². The summed E-state index contributed by atoms with van der Waals surface area (Å²) in [5.74, 6) is -2.82. The summed E-state index contributed by atoms with van der Waals surface area (Å²) in [5, 5.41) is 22.3. The molecule has 1 saturated heterocycles. The molecule has 1 aromatic heterocycles. The number of nitrogens with zero attached hydrogens (tertiary/aromatic N) is 4. The average Bonchev–Trinajstić information content (AvgIpc) is 2.72. The fraction of sp³-hybridized carbons (Fsp3) is 0.600. The number of nitrogens with two attached hydrogens (primary N) is 1. The first kappa shape index (κ1) is 17.0. The molecule has 0 amide bonds. The highest BCUT2D eigenvalue weighted by atomic mass is 19.4. The number of hydrogen-bond acceptors (Lipinski definition) is 8. The predicted octanol–water partition coefficient (Wildman–Crippen LogP) is -0.867. The number of aromatic nitrogens is 2. The molecule has 2 heterocycles. The quantitative estimate of drug-likeness (QED) is 0.414. The maximum atomic E-state index is 13.3. The molecular weight excluding hydrogens is 325 g/mol. The molecule has 0 aliphatic carbocycles. The summed E-state index contributed by atoms with van der Waals surface area (Å²) in [6, 6.07) is 1.07. The van der Waals surface area contributed by atoms with Gasteiger partial charge in [-0.25, -0.2) is 4.79 Å². The normalized spacial score (nSPS) is 30.9. The van der Waals surface area contributed by atoms with Gasteiger partial charge in [-0.1, -0.05) is 0 Å². The summed E-state index contributed by atoms with van der Waals surface area (Å²) < 4.78 is 45.3. The van der Waals surface area contributed by atoms with Crippen LogP contribution < -0.4 is 16.3 Å². The molecule has 1 fully saturated rings. The largest absolute Gasteiger partial charge is 0.398 e. The van der Waals surface area contributed by atoms with Crippen molar-refractivity contribution < 1.29 is 28.1 Å². The molecule has 0 aromatic carbocycles. The van der Waals surface area contributed by atoms with Crippen LogP contribution in [0.2, 0.25) is 0 Å². The molecule has 0 bridgehead atoms. The van der Waals surface area contributed by atoms with Crippen LogP contribution in [-0.4, -0.2) is 44.4 Å². The Labute approximate surface area is 125 Å². The number of nitrogen functional groups attached to an aromatic ring is 1. The van der Waals surface area contributed by atoms with Crippen LogP contribution in [0.1, 0.15) is 6.23 Å². The molecule has 0 saturated carbocycles. The van der Waals surface area contributed by atoms with Gasteiger partial charge in [-0.05, 0) is 6.07 Å². The number of nitrogens with one attached hydrogen (secondary N) is 1. The third-order valence-corrected chi connectivity index (χ3v) is 3.38. The second-order valence-corrected chi connectivity index (χ2v) is 4.77. The Kier molecular flexibility index (Phi) is 4.22. The molecule has 13 heteroatoms. The van der Waals surface area contributed by atoms with E-state index in [1.54, 1.807) is 0 Å². The van der Waals surface area contributed by atoms with E-state index in [0.29, 0.717) is 4.57 Å². The van der Waals surface area contributed by atoms with Crippen molar-refractivity contribution in [2.24, 2.45) is 11.0 Å². The number of rotatable bonds is 3. The van der Waals surface area contributed by atoms with Crippen LogP contribution in [-0.2, 0) is 4.74 Å². The fourth-order valence-corrected chi connectivity index (χ4v) is 2.31. The lowest BCUT2D eigenvalue weighted by Crippen LogP contribution is -2.46. The highest BCUT2D eigenvalue weighted by Crippen LogP contribution is 2.49. The summed E-state index contributed by atoms with van der Waals surface area (Å²) in [7, 11) is 0. The van der Waals surface area contributed by atoms with E-state index in [4.69, 9.17) is 16.0 Å². The molecule has 2 rings (SSSR count). The Balaban J connectivity index is 2.60. The maximum Gasteiger partial charge on any atom is 0.398 e. The van der Waals surface area contributed by atoms with Gasteiger partial charge in [0.25, 0.3) is 5.72 Å². The molecule has 0 radical (unpaired) electrons. The van der Waals surface area contributed by atoms with Crippen molar-refractivity contribution in [2.75, 3.05) is 12.3 Å². The summed E-state index contributed by atoms with van der Waals surface area (Å²) >= 11 is 0. The van der Waals surface area contributed by atoms with Crippen molar-refractivity contribution in [3.8, 4) is 0 Å². The molecule has 23 heavy (non-hydrogen) atoms. The first-order valence-corrected chi connectivity index (χ1v) is 6.13. The third kappa shape index (κ3) is 2.82. The van der Waals surface area contributed by atoms with E-state index in [-0.39, 0.29) is 5.82 Å². The van der Waals surface area contributed by atoms with Crippen LogP contribution in [0.15, 0.2) is 22.2 Å². The van der Waals surface area contributed by atoms with Gasteiger partial charge >= 0.3 is 11.9 Å². The van der Waals surface area contributed by atoms with Gasteiger partial charge in [-0.2, -0.15) is 18.2 Å². The Morgan fingerprint density at radius 2 is 2.26 bits per heavy atom. The van der Waals surface area contributed by atoms with Crippen LogP contribution >= 0.6 is 0 Å². The number of alkyl halides is 3. The summed E-state index contributed by atoms with van der Waals surface area (Å²) in [6.45, 7) is -1.18. The van der Waals surface area contributed by atoms with Crippen LogP contribution in [0.25, 0.3) is 0 Å². The number of hydrogen-bond donors (Lipinski definition) is 4. The molecule has 0 spiro atoms. The van der Waals surface area contributed by atoms with Gasteiger partial charge in [0.2, 0.25) is 4.91 Å². The number of aliphatic hydroxyl groups is 2. The van der Waals surface area contributed by atoms with Gasteiger partial charge in [0.1, 0.15) is 30.0 Å². The second kappa shape index (κ2) is 5.70. The van der Waals surface area contributed by atoms with Crippen molar-refractivity contribution in [3.63, 3.8) is 0 Å². The molecular formula is C10H12F3N6O4+. The maximum absolute atomic E-state index is 13.3. The van der Waals surface area contributed by atoms with Gasteiger partial charge in [-0.3, -0.25) is 4.57 Å². The first-order valence-electron chi connectivity index (χ1n) is 6.13. The number of ether oxygens (including phenoxy) is 1. The van der Waals surface area contributed by atoms with Crippen molar-refractivity contribution in [2.45, 2.75) is 24.2 Å². The molecule has 126 valence electrons. The topological polar surface area (TPSA) is 161 Å². The molecule has 5 N–H and O–H groups in total. The first-order chi connectivity index (χ1) is 10.7. The Morgan fingerprint density at radius 1 is 1.61 bits per heavy atom. The number of anilines is 1. The lowest BCUT2D eigenvalue weighted by atomic mass is 9.95. The summed E-state index contributed by atoms with van der Waals surface area (Å²) in [4.78, 5) is 17.6. The van der Waals surface area contributed by atoms with E-state index in [1.807, 2.05) is 0 Å². The minimum Gasteiger partial charge on any atom is -0.391 e. The van der Waals surface area contributed by atoms with Gasteiger partial charge in [0, 0.05) is 6.20 Å². The predicted molar refractivity (Wildman–Crippen MR) is 65.7 cm³/mol. The number of aliphatic hydroxyl groups excluding tert-OH is 2. The molecule has 0 unspecified atom stereocenters. The minimum absolute atomic E-state index is 0.215. The molecule has 4 atom stereocenters. The summed E-state index contributed by atoms with van der Waals surface area (Å²) in [6.07, 6.45) is -8.55. The van der Waals surface area contributed by atoms with Crippen LogP contribution in [0.4, 0.5) is 19.0 Å². The van der Waals surface area contributed by atoms with E-state index in [1.165, 1.54) is 0 Å². The standard InChI is InChI=1S/C10H11F3N6O4/c11-10(12,13)5-6(21)9(3-20,17-18-15)23-7(5)19-2-1-4(14)16-8(19)22/h1-2,5-7,15,20-21H,3H2,(H-,14,16,22)/p+1/t5-,6-,7+,9+/m0/s1. The smallest absolute Gasteiger partial charge is 0.391 e. The van der Waals surface area contributed by atoms with Gasteiger partial charge < -0.3 is 20.7 Å². The van der Waals surface area contributed by atoms with E-state index < -0.39 is 42.4 Å². The van der Waals surface area contributed by atoms with Crippen molar-refractivity contribution in [1.29, 1.82) is 5.53 Å². The lowest BCUT2D eigenvalue weighted by Gasteiger charge is -2.23. The summed E-state index contributed by atoms with van der Waals surface area (Å²) in [5.41, 5.74) is 8.23. The zero-order chi connectivity index (χ0) is 17.4. The Hall–Kier alpha value is -2.34. The SMILES string of the molecule is N=[N+]=N[C@]1(CO)O[C@@H](n2ccc(N)nc2=O)[C@@H](C(F)(F)F)[C@@H]1O. The molecule has 1 aromatic rings. The zero-order valence-corrected chi connectivity index (χ0v) is 11.3. The Morgan fingerprint density at radius 3 is 2.74 bits per heavy atom. The van der Waals surface area contributed by atoms with Crippen molar-refractivity contribution >= 4 is 5.82 Å². The fourth-order valence-electron chi connectivity index (χ4n) is 2.31. The minimum atomic E-state index is -5.00. The van der Waals surface area contributed by atoms with Gasteiger partial charge in [0.05, 0.1) is 0 Å². The lowest BCUT2D eigenvalue weighted by molar-refractivity contribution is -0.211. The van der Waals surface area contributed by atoms with Crippen molar-refractivity contribution in [1.82, 2.24) is 14.5 Å². The Bertz CT molecular complexity index is 703. The van der Waals surface area contributed by atoms with Gasteiger partial charge in [-0.15, -0.1) is 0 Å². The third-order valence-electron chi connectivity index (χ3n) is 3.38. The second-order valence-electron chi connectivity index (χ2n) is 4.77. The van der Waals surface area contributed by atoms with Crippen LogP contribution in [0, 0.1) is 11.4 Å². The van der Waals surface area contributed by atoms with Crippen LogP contribution in [0.3, 0.4) is 0 Å². The number of halogens is 3. The highest BCUT2D eigenvalue weighted by Gasteiger charge is 2.67. The molecule has 10 nitrogen and oxygen atoms in total. The zero-order valence-electron chi connectivity index (χ0n) is 11.3.